The van der Waals surface area contributed by atoms with Crippen LogP contribution in [0.2, 0.25) is 0 Å². The van der Waals surface area contributed by atoms with Gasteiger partial charge in [-0.05, 0) is 0 Å². The number of aromatic carboxylic acids is 1. The number of anilines is 1. The average molecular weight is 250 g/mol. The fraction of sp³-hybridized carbons (Fsp3) is 0.455. The molecule has 0 radical (unpaired) electrons. The molecule has 0 saturated carbocycles. The molecule has 1 aliphatic rings. The molecule has 1 N–H and O–H groups in total. The van der Waals surface area contributed by atoms with Gasteiger partial charge < -0.3 is 14.9 Å². The van der Waals surface area contributed by atoms with E-state index >= 15 is 0 Å². The third-order valence-corrected chi connectivity index (χ3v) is 2.92. The van der Waals surface area contributed by atoms with E-state index < -0.39 is 5.97 Å². The first kappa shape index (κ1) is 12.3. The number of amides is 1. The molecule has 1 amide bonds. The predicted molar refractivity (Wildman–Crippen MR) is 63.5 cm³/mol. The van der Waals surface area contributed by atoms with E-state index in [1.54, 1.807) is 11.8 Å². The second kappa shape index (κ2) is 4.99. The lowest BCUT2D eigenvalue weighted by atomic mass is 10.3. The minimum atomic E-state index is -1.07. The SMILES string of the molecule is CC(=O)N1CCN(c2cc(C(=O)O)ncn2)CC1. The van der Waals surface area contributed by atoms with Gasteiger partial charge in [0.05, 0.1) is 0 Å². The van der Waals surface area contributed by atoms with E-state index in [0.29, 0.717) is 32.0 Å². The molecule has 0 aromatic carbocycles. The summed E-state index contributed by atoms with van der Waals surface area (Å²) < 4.78 is 0. The van der Waals surface area contributed by atoms with Crippen molar-refractivity contribution in [2.45, 2.75) is 6.92 Å². The first-order chi connectivity index (χ1) is 8.58. The topological polar surface area (TPSA) is 86.6 Å². The van der Waals surface area contributed by atoms with E-state index in [0.717, 1.165) is 0 Å². The van der Waals surface area contributed by atoms with Crippen LogP contribution in [0.1, 0.15) is 17.4 Å². The summed E-state index contributed by atoms with van der Waals surface area (Å²) in [5, 5.41) is 8.86. The highest BCUT2D eigenvalue weighted by atomic mass is 16.4. The molecule has 0 spiro atoms. The van der Waals surface area contributed by atoms with Gasteiger partial charge >= 0.3 is 5.97 Å². The molecule has 1 aromatic heterocycles. The first-order valence-corrected chi connectivity index (χ1v) is 5.63. The van der Waals surface area contributed by atoms with Crippen molar-refractivity contribution in [3.8, 4) is 0 Å². The molecular weight excluding hydrogens is 236 g/mol. The largest absolute Gasteiger partial charge is 0.477 e. The van der Waals surface area contributed by atoms with Crippen LogP contribution < -0.4 is 4.90 Å². The molecule has 2 heterocycles. The van der Waals surface area contributed by atoms with Gasteiger partial charge in [0, 0.05) is 39.2 Å². The molecule has 7 nitrogen and oxygen atoms in total. The van der Waals surface area contributed by atoms with Crippen molar-refractivity contribution in [3.05, 3.63) is 18.1 Å². The fourth-order valence-electron chi connectivity index (χ4n) is 1.89. The average Bonchev–Trinajstić information content (AvgIpc) is 2.39. The maximum absolute atomic E-state index is 11.2. The summed E-state index contributed by atoms with van der Waals surface area (Å²) >= 11 is 0. The van der Waals surface area contributed by atoms with Gasteiger partial charge in [0.1, 0.15) is 12.1 Å². The van der Waals surface area contributed by atoms with E-state index in [1.165, 1.54) is 12.4 Å². The Hall–Kier alpha value is -2.18. The third-order valence-electron chi connectivity index (χ3n) is 2.92. The zero-order valence-electron chi connectivity index (χ0n) is 10.0. The number of carbonyl (C=O) groups is 2. The second-order valence-corrected chi connectivity index (χ2v) is 4.06. The van der Waals surface area contributed by atoms with E-state index in [2.05, 4.69) is 9.97 Å². The van der Waals surface area contributed by atoms with Crippen LogP contribution in [-0.4, -0.2) is 58.0 Å². The Balaban J connectivity index is 2.07. The molecule has 1 fully saturated rings. The van der Waals surface area contributed by atoms with E-state index in [1.807, 2.05) is 4.90 Å². The smallest absolute Gasteiger partial charge is 0.354 e. The second-order valence-electron chi connectivity index (χ2n) is 4.06. The summed E-state index contributed by atoms with van der Waals surface area (Å²) in [7, 11) is 0. The van der Waals surface area contributed by atoms with Crippen LogP contribution in [0.15, 0.2) is 12.4 Å². The number of nitrogens with zero attached hydrogens (tertiary/aromatic N) is 4. The molecule has 1 saturated heterocycles. The van der Waals surface area contributed by atoms with Gasteiger partial charge in [-0.3, -0.25) is 4.79 Å². The summed E-state index contributed by atoms with van der Waals surface area (Å²) in [4.78, 5) is 33.5. The Bertz CT molecular complexity index is 469. The van der Waals surface area contributed by atoms with Gasteiger partial charge in [-0.15, -0.1) is 0 Å². The number of rotatable bonds is 2. The molecule has 0 atom stereocenters. The van der Waals surface area contributed by atoms with Crippen LogP contribution in [0.3, 0.4) is 0 Å². The van der Waals surface area contributed by atoms with Crippen LogP contribution in [0.25, 0.3) is 0 Å². The zero-order chi connectivity index (χ0) is 13.1. The number of carbonyl (C=O) groups excluding carboxylic acids is 1. The Morgan fingerprint density at radius 2 is 1.89 bits per heavy atom. The summed E-state index contributed by atoms with van der Waals surface area (Å²) in [5.41, 5.74) is -0.0194. The lowest BCUT2D eigenvalue weighted by Crippen LogP contribution is -2.48. The maximum Gasteiger partial charge on any atom is 0.354 e. The van der Waals surface area contributed by atoms with Crippen molar-refractivity contribution in [1.82, 2.24) is 14.9 Å². The van der Waals surface area contributed by atoms with Gasteiger partial charge in [-0.2, -0.15) is 0 Å². The molecule has 18 heavy (non-hydrogen) atoms. The third kappa shape index (κ3) is 2.55. The number of carboxylic acids is 1. The molecule has 1 aliphatic heterocycles. The molecule has 96 valence electrons. The monoisotopic (exact) mass is 250 g/mol. The van der Waals surface area contributed by atoms with E-state index in [4.69, 9.17) is 5.11 Å². The predicted octanol–water partition coefficient (Wildman–Crippen LogP) is -0.157. The van der Waals surface area contributed by atoms with Gasteiger partial charge in [0.15, 0.2) is 5.69 Å². The van der Waals surface area contributed by atoms with Crippen molar-refractivity contribution < 1.29 is 14.7 Å². The van der Waals surface area contributed by atoms with Crippen LogP contribution in [0, 0.1) is 0 Å². The Morgan fingerprint density at radius 3 is 2.44 bits per heavy atom. The first-order valence-electron chi connectivity index (χ1n) is 5.63. The van der Waals surface area contributed by atoms with Crippen LogP contribution in [0.4, 0.5) is 5.82 Å². The quantitative estimate of drug-likeness (QED) is 0.785. The lowest BCUT2D eigenvalue weighted by molar-refractivity contribution is -0.129. The van der Waals surface area contributed by atoms with E-state index in [-0.39, 0.29) is 11.6 Å². The normalized spacial score (nSPS) is 15.6. The van der Waals surface area contributed by atoms with Crippen LogP contribution >= 0.6 is 0 Å². The Labute approximate surface area is 104 Å². The van der Waals surface area contributed by atoms with Crippen molar-refractivity contribution in [1.29, 1.82) is 0 Å². The van der Waals surface area contributed by atoms with Crippen LogP contribution in [-0.2, 0) is 4.79 Å². The summed E-state index contributed by atoms with van der Waals surface area (Å²) in [6.07, 6.45) is 1.25. The number of carboxylic acid groups (broad SMARTS) is 1. The summed E-state index contributed by atoms with van der Waals surface area (Å²) in [5.74, 6) is -0.421. The molecule has 0 unspecified atom stereocenters. The molecule has 0 bridgehead atoms. The van der Waals surface area contributed by atoms with Crippen molar-refractivity contribution in [3.63, 3.8) is 0 Å². The van der Waals surface area contributed by atoms with Crippen molar-refractivity contribution in [2.24, 2.45) is 0 Å². The maximum atomic E-state index is 11.2. The highest BCUT2D eigenvalue weighted by molar-refractivity contribution is 5.86. The molecule has 1 aromatic rings. The number of hydrogen-bond acceptors (Lipinski definition) is 5. The number of hydrogen-bond donors (Lipinski definition) is 1. The van der Waals surface area contributed by atoms with Gasteiger partial charge in [0.25, 0.3) is 0 Å². The highest BCUT2D eigenvalue weighted by Gasteiger charge is 2.20. The Kier molecular flexibility index (Phi) is 3.40. The zero-order valence-corrected chi connectivity index (χ0v) is 10.0. The molecule has 0 aliphatic carbocycles. The molecule has 2 rings (SSSR count). The molecular formula is C11H14N4O3. The minimum absolute atomic E-state index is 0.0194. The highest BCUT2D eigenvalue weighted by Crippen LogP contribution is 2.13. The van der Waals surface area contributed by atoms with Crippen LogP contribution in [0.5, 0.6) is 0 Å². The standard InChI is InChI=1S/C11H14N4O3/c1-8(16)14-2-4-15(5-3-14)10-6-9(11(17)18)12-7-13-10/h6-7H,2-5H2,1H3,(H,17,18). The van der Waals surface area contributed by atoms with Crippen molar-refractivity contribution in [2.75, 3.05) is 31.1 Å². The Morgan fingerprint density at radius 1 is 1.22 bits per heavy atom. The van der Waals surface area contributed by atoms with Gasteiger partial charge in [-0.25, -0.2) is 14.8 Å². The van der Waals surface area contributed by atoms with E-state index in [9.17, 15) is 9.59 Å². The van der Waals surface area contributed by atoms with Gasteiger partial charge in [0.2, 0.25) is 5.91 Å². The lowest BCUT2D eigenvalue weighted by Gasteiger charge is -2.34. The number of piperazine rings is 1. The summed E-state index contributed by atoms with van der Waals surface area (Å²) in [6.45, 7) is 4.09. The van der Waals surface area contributed by atoms with Crippen molar-refractivity contribution >= 4 is 17.7 Å². The van der Waals surface area contributed by atoms with Gasteiger partial charge in [-0.1, -0.05) is 0 Å². The molecule has 7 heteroatoms. The number of aromatic nitrogens is 2. The fourth-order valence-corrected chi connectivity index (χ4v) is 1.89. The minimum Gasteiger partial charge on any atom is -0.477 e. The summed E-state index contributed by atoms with van der Waals surface area (Å²) in [6, 6.07) is 1.45.